The number of nitrogens with zero attached hydrogens (tertiary/aromatic N) is 2. The number of imide groups is 1. The lowest BCUT2D eigenvalue weighted by molar-refractivity contribution is -0.139. The Labute approximate surface area is 260 Å². The van der Waals surface area contributed by atoms with Gasteiger partial charge in [-0.25, -0.2) is 0 Å². The Bertz CT molecular complexity index is 1640. The van der Waals surface area contributed by atoms with Crippen LogP contribution in [0.2, 0.25) is 0 Å². The minimum Gasteiger partial charge on any atom is -0.490 e. The number of ether oxygens (including phenoxy) is 2. The summed E-state index contributed by atoms with van der Waals surface area (Å²) in [6.45, 7) is 2.71. The van der Waals surface area contributed by atoms with Crippen LogP contribution in [0.4, 0.5) is 0 Å². The van der Waals surface area contributed by atoms with Crippen LogP contribution in [0.25, 0.3) is 0 Å². The second-order valence-electron chi connectivity index (χ2n) is 10.7. The van der Waals surface area contributed by atoms with Crippen LogP contribution >= 0.6 is 31.9 Å². The van der Waals surface area contributed by atoms with Gasteiger partial charge in [-0.1, -0.05) is 76.6 Å². The molecule has 0 radical (unpaired) electrons. The molecule has 4 aromatic rings. The number of hydrogen-bond donors (Lipinski definition) is 0. The van der Waals surface area contributed by atoms with Gasteiger partial charge in [0.1, 0.15) is 6.61 Å². The lowest BCUT2D eigenvalue weighted by atomic mass is 9.55. The van der Waals surface area contributed by atoms with E-state index in [0.29, 0.717) is 34.7 Å². The molecule has 0 aromatic heterocycles. The van der Waals surface area contributed by atoms with Crippen molar-refractivity contribution in [2.24, 2.45) is 16.9 Å². The highest BCUT2D eigenvalue weighted by atomic mass is 79.9. The molecule has 0 N–H and O–H groups in total. The highest BCUT2D eigenvalue weighted by Gasteiger charge is 2.61. The Morgan fingerprint density at radius 2 is 1.33 bits per heavy atom. The lowest BCUT2D eigenvalue weighted by Crippen LogP contribution is -2.41. The summed E-state index contributed by atoms with van der Waals surface area (Å²) in [4.78, 5) is 27.7. The summed E-state index contributed by atoms with van der Waals surface area (Å²) in [6, 6.07) is 28.0. The van der Waals surface area contributed by atoms with Crippen molar-refractivity contribution in [2.75, 3.05) is 6.61 Å². The zero-order chi connectivity index (χ0) is 29.0. The fourth-order valence-electron chi connectivity index (χ4n) is 6.70. The van der Waals surface area contributed by atoms with Gasteiger partial charge in [0.15, 0.2) is 11.5 Å². The molecule has 42 heavy (non-hydrogen) atoms. The zero-order valence-corrected chi connectivity index (χ0v) is 25.8. The zero-order valence-electron chi connectivity index (χ0n) is 22.7. The van der Waals surface area contributed by atoms with Crippen LogP contribution in [0.5, 0.6) is 11.5 Å². The summed E-state index contributed by atoms with van der Waals surface area (Å²) in [5, 5.41) is 5.55. The SMILES string of the molecule is CCOc1cc(/C=N\N2C(=O)[C@H]3C4c5ccccc5C(c5ccccc54)[C@@H]3C2=O)cc(Br)c1OCc1ccc(Br)cc1. The van der Waals surface area contributed by atoms with E-state index in [9.17, 15) is 9.59 Å². The summed E-state index contributed by atoms with van der Waals surface area (Å²) in [5.41, 5.74) is 6.24. The Hall–Kier alpha value is -3.75. The van der Waals surface area contributed by atoms with Gasteiger partial charge in [-0.3, -0.25) is 9.59 Å². The number of hydrogen-bond acceptors (Lipinski definition) is 5. The normalized spacial score (nSPS) is 21.8. The largest absolute Gasteiger partial charge is 0.490 e. The number of halogens is 2. The summed E-state index contributed by atoms with van der Waals surface area (Å²) in [7, 11) is 0. The molecule has 4 aromatic carbocycles. The number of carbonyl (C=O) groups is 2. The van der Waals surface area contributed by atoms with E-state index in [1.165, 1.54) is 0 Å². The molecule has 8 rings (SSSR count). The summed E-state index contributed by atoms with van der Waals surface area (Å²) in [6.07, 6.45) is 1.54. The first kappa shape index (κ1) is 27.1. The smallest absolute Gasteiger partial charge is 0.254 e. The molecule has 210 valence electrons. The quantitative estimate of drug-likeness (QED) is 0.150. The predicted octanol–water partition coefficient (Wildman–Crippen LogP) is 7.42. The fraction of sp³-hybridized carbons (Fsp3) is 0.206. The molecule has 1 heterocycles. The van der Waals surface area contributed by atoms with Crippen molar-refractivity contribution >= 4 is 49.9 Å². The first-order valence-corrected chi connectivity index (χ1v) is 15.5. The number of carbonyl (C=O) groups excluding carboxylic acids is 2. The number of benzene rings is 4. The van der Waals surface area contributed by atoms with Gasteiger partial charge in [0.2, 0.25) is 0 Å². The average molecular weight is 686 g/mol. The van der Waals surface area contributed by atoms with Crippen LogP contribution < -0.4 is 9.47 Å². The Kier molecular flexibility index (Phi) is 6.98. The highest BCUT2D eigenvalue weighted by molar-refractivity contribution is 9.10. The van der Waals surface area contributed by atoms with Gasteiger partial charge < -0.3 is 9.47 Å². The topological polar surface area (TPSA) is 68.2 Å². The van der Waals surface area contributed by atoms with Crippen LogP contribution in [-0.4, -0.2) is 29.6 Å². The first-order chi connectivity index (χ1) is 20.5. The molecule has 1 aliphatic heterocycles. The van der Waals surface area contributed by atoms with E-state index in [2.05, 4.69) is 61.2 Å². The van der Waals surface area contributed by atoms with E-state index in [1.54, 1.807) is 6.21 Å². The highest BCUT2D eigenvalue weighted by Crippen LogP contribution is 2.61. The predicted molar refractivity (Wildman–Crippen MR) is 167 cm³/mol. The molecule has 1 saturated heterocycles. The average Bonchev–Trinajstić information content (AvgIpc) is 3.26. The van der Waals surface area contributed by atoms with Crippen LogP contribution in [0.15, 0.2) is 99.0 Å². The van der Waals surface area contributed by atoms with Crippen molar-refractivity contribution in [3.8, 4) is 11.5 Å². The molecule has 2 bridgehead atoms. The molecule has 4 aliphatic rings. The molecule has 1 fully saturated rings. The molecule has 0 saturated carbocycles. The van der Waals surface area contributed by atoms with E-state index < -0.39 is 11.8 Å². The summed E-state index contributed by atoms with van der Waals surface area (Å²) < 4.78 is 13.7. The Morgan fingerprint density at radius 3 is 1.86 bits per heavy atom. The Balaban J connectivity index is 1.18. The van der Waals surface area contributed by atoms with Crippen LogP contribution in [-0.2, 0) is 16.2 Å². The van der Waals surface area contributed by atoms with Gasteiger partial charge in [-0.05, 0) is 80.5 Å². The molecule has 0 spiro atoms. The van der Waals surface area contributed by atoms with Gasteiger partial charge in [0.25, 0.3) is 11.8 Å². The molecule has 6 nitrogen and oxygen atoms in total. The Morgan fingerprint density at radius 1 is 0.786 bits per heavy atom. The number of amides is 2. The third kappa shape index (κ3) is 4.39. The summed E-state index contributed by atoms with van der Waals surface area (Å²) >= 11 is 7.07. The van der Waals surface area contributed by atoms with Crippen LogP contribution in [0, 0.1) is 11.8 Å². The van der Waals surface area contributed by atoms with E-state index >= 15 is 0 Å². The van der Waals surface area contributed by atoms with E-state index in [0.717, 1.165) is 37.3 Å². The monoisotopic (exact) mass is 684 g/mol. The third-order valence-corrected chi connectivity index (χ3v) is 9.49. The standard InChI is InChI=1S/C34H26Br2N2O4/c1-2-41-27-16-20(15-26(36)32(27)42-18-19-11-13-21(35)14-12-19)17-37-38-33(39)30-28-22-7-3-4-8-23(22)29(31(30)34(38)40)25-10-6-5-9-24(25)28/h3-17,28-31H,2,18H2,1H3/b37-17-/t28?,29?,30-,31-/m0/s1. The van der Waals surface area contributed by atoms with Crippen molar-refractivity contribution < 1.29 is 19.1 Å². The van der Waals surface area contributed by atoms with Gasteiger partial charge in [-0.2, -0.15) is 10.1 Å². The molecular weight excluding hydrogens is 660 g/mol. The van der Waals surface area contributed by atoms with Crippen molar-refractivity contribution in [1.29, 1.82) is 0 Å². The summed E-state index contributed by atoms with van der Waals surface area (Å²) in [5.74, 6) is -0.646. The molecule has 0 unspecified atom stereocenters. The number of rotatable bonds is 7. The molecule has 3 aliphatic carbocycles. The maximum absolute atomic E-state index is 13.8. The fourth-order valence-corrected chi connectivity index (χ4v) is 7.54. The van der Waals surface area contributed by atoms with Crippen LogP contribution in [0.1, 0.15) is 52.1 Å². The van der Waals surface area contributed by atoms with Gasteiger partial charge in [-0.15, -0.1) is 0 Å². The molecular formula is C34H26Br2N2O4. The second-order valence-corrected chi connectivity index (χ2v) is 12.4. The molecule has 8 heteroatoms. The molecule has 2 atom stereocenters. The molecule has 2 amide bonds. The number of hydrazone groups is 1. The van der Waals surface area contributed by atoms with Gasteiger partial charge >= 0.3 is 0 Å². The van der Waals surface area contributed by atoms with Crippen molar-refractivity contribution in [1.82, 2.24) is 5.01 Å². The second kappa shape index (κ2) is 10.8. The lowest BCUT2D eigenvalue weighted by Gasteiger charge is -2.45. The third-order valence-electron chi connectivity index (χ3n) is 8.38. The van der Waals surface area contributed by atoms with E-state index in [-0.39, 0.29) is 23.7 Å². The van der Waals surface area contributed by atoms with Crippen molar-refractivity contribution in [3.05, 3.63) is 127 Å². The van der Waals surface area contributed by atoms with E-state index in [4.69, 9.17) is 9.47 Å². The van der Waals surface area contributed by atoms with Crippen molar-refractivity contribution in [3.63, 3.8) is 0 Å². The van der Waals surface area contributed by atoms with Crippen LogP contribution in [0.3, 0.4) is 0 Å². The van der Waals surface area contributed by atoms with E-state index in [1.807, 2.05) is 67.6 Å². The van der Waals surface area contributed by atoms with Gasteiger partial charge in [0, 0.05) is 16.3 Å². The maximum atomic E-state index is 13.8. The van der Waals surface area contributed by atoms with Crippen molar-refractivity contribution in [2.45, 2.75) is 25.4 Å². The van der Waals surface area contributed by atoms with Gasteiger partial charge in [0.05, 0.1) is 29.1 Å². The minimum absolute atomic E-state index is 0.162. The maximum Gasteiger partial charge on any atom is 0.254 e. The minimum atomic E-state index is -0.468. The first-order valence-electron chi connectivity index (χ1n) is 13.9.